The summed E-state index contributed by atoms with van der Waals surface area (Å²) >= 11 is 0. The van der Waals surface area contributed by atoms with Crippen molar-refractivity contribution < 1.29 is 23.6 Å². The Kier molecular flexibility index (Phi) is 5.63. The summed E-state index contributed by atoms with van der Waals surface area (Å²) in [7, 11) is 0. The summed E-state index contributed by atoms with van der Waals surface area (Å²) in [5.41, 5.74) is 1.31. The van der Waals surface area contributed by atoms with E-state index in [0.29, 0.717) is 28.3 Å². The molecule has 0 atom stereocenters. The largest absolute Gasteiger partial charge is 0.507 e. The van der Waals surface area contributed by atoms with E-state index in [9.17, 15) is 14.3 Å². The molecule has 5 rings (SSSR count). The molecule has 33 heavy (non-hydrogen) atoms. The Labute approximate surface area is 190 Å². The maximum atomic E-state index is 15.0. The molecule has 1 aromatic heterocycles. The number of aromatic hydroxyl groups is 1. The van der Waals surface area contributed by atoms with Crippen molar-refractivity contribution in [1.82, 2.24) is 10.5 Å². The van der Waals surface area contributed by atoms with E-state index in [2.05, 4.69) is 20.7 Å². The van der Waals surface area contributed by atoms with Crippen molar-refractivity contribution in [2.75, 3.05) is 36.4 Å². The Balaban J connectivity index is 1.50. The lowest BCUT2D eigenvalue weighted by molar-refractivity contribution is -0.114. The number of para-hydroxylation sites is 1. The summed E-state index contributed by atoms with van der Waals surface area (Å²) in [6.45, 7) is 4.70. The summed E-state index contributed by atoms with van der Waals surface area (Å²) in [5.74, 6) is 0.300. The second-order valence-corrected chi connectivity index (χ2v) is 8.32. The number of amides is 1. The number of halogens is 1. The maximum absolute atomic E-state index is 15.0. The van der Waals surface area contributed by atoms with E-state index in [1.165, 1.54) is 13.0 Å². The molecule has 0 radical (unpaired) electrons. The van der Waals surface area contributed by atoms with Gasteiger partial charge in [-0.15, -0.1) is 0 Å². The minimum atomic E-state index is -0.635. The molecule has 1 saturated carbocycles. The molecule has 172 valence electrons. The van der Waals surface area contributed by atoms with Crippen LogP contribution in [0.15, 0.2) is 40.9 Å². The molecule has 8 nitrogen and oxygen atoms in total. The van der Waals surface area contributed by atoms with Gasteiger partial charge in [-0.05, 0) is 36.6 Å². The highest BCUT2D eigenvalue weighted by molar-refractivity contribution is 5.92. The first-order valence-corrected chi connectivity index (χ1v) is 11.0. The number of aromatic nitrogens is 1. The SMILES string of the molecule is CC(=O)Nc1c(F)cc(-c2cccc(-c3cc(N4CCNCC4)no3)c2O)cc1OC1CC1. The Morgan fingerprint density at radius 2 is 2.00 bits per heavy atom. The molecule has 2 fully saturated rings. The van der Waals surface area contributed by atoms with E-state index in [1.807, 2.05) is 0 Å². The van der Waals surface area contributed by atoms with Crippen LogP contribution in [0.1, 0.15) is 19.8 Å². The van der Waals surface area contributed by atoms with Crippen LogP contribution in [0.3, 0.4) is 0 Å². The van der Waals surface area contributed by atoms with Crippen molar-refractivity contribution in [3.8, 4) is 33.9 Å². The number of phenolic OH excluding ortho intramolecular Hbond substituents is 1. The third-order valence-electron chi connectivity index (χ3n) is 5.72. The van der Waals surface area contributed by atoms with Gasteiger partial charge >= 0.3 is 0 Å². The zero-order valence-electron chi connectivity index (χ0n) is 18.2. The van der Waals surface area contributed by atoms with Gasteiger partial charge in [-0.25, -0.2) is 4.39 Å². The lowest BCUT2D eigenvalue weighted by atomic mass is 9.99. The monoisotopic (exact) mass is 452 g/mol. The lowest BCUT2D eigenvalue weighted by Crippen LogP contribution is -2.43. The van der Waals surface area contributed by atoms with E-state index < -0.39 is 11.7 Å². The molecule has 2 heterocycles. The van der Waals surface area contributed by atoms with Gasteiger partial charge in [0.15, 0.2) is 17.4 Å². The van der Waals surface area contributed by atoms with Gasteiger partial charge in [0.1, 0.15) is 17.2 Å². The summed E-state index contributed by atoms with van der Waals surface area (Å²) in [5, 5.41) is 21.0. The number of nitrogens with zero attached hydrogens (tertiary/aromatic N) is 2. The fourth-order valence-corrected chi connectivity index (χ4v) is 3.90. The second-order valence-electron chi connectivity index (χ2n) is 8.32. The Hall–Kier alpha value is -3.59. The van der Waals surface area contributed by atoms with Crippen molar-refractivity contribution in [2.45, 2.75) is 25.9 Å². The van der Waals surface area contributed by atoms with Crippen LogP contribution in [-0.4, -0.2) is 48.5 Å². The summed E-state index contributed by atoms with van der Waals surface area (Å²) in [6, 6.07) is 9.89. The highest BCUT2D eigenvalue weighted by atomic mass is 19.1. The zero-order chi connectivity index (χ0) is 22.9. The number of hydrogen-bond acceptors (Lipinski definition) is 7. The second kappa shape index (κ2) is 8.74. The molecule has 9 heteroatoms. The molecule has 2 aromatic carbocycles. The summed E-state index contributed by atoms with van der Waals surface area (Å²) in [4.78, 5) is 13.7. The Bertz CT molecular complexity index is 1190. The molecule has 0 unspecified atom stereocenters. The minimum Gasteiger partial charge on any atom is -0.507 e. The van der Waals surface area contributed by atoms with Gasteiger partial charge in [0.2, 0.25) is 5.91 Å². The van der Waals surface area contributed by atoms with Crippen LogP contribution in [0.5, 0.6) is 11.5 Å². The van der Waals surface area contributed by atoms with Gasteiger partial charge in [0.05, 0.1) is 11.7 Å². The van der Waals surface area contributed by atoms with Crippen LogP contribution in [0.25, 0.3) is 22.5 Å². The van der Waals surface area contributed by atoms with Crippen molar-refractivity contribution in [3.05, 3.63) is 42.2 Å². The molecule has 3 aromatic rings. The van der Waals surface area contributed by atoms with Crippen LogP contribution < -0.4 is 20.3 Å². The van der Waals surface area contributed by atoms with Crippen LogP contribution in [0, 0.1) is 5.82 Å². The normalized spacial score (nSPS) is 16.0. The lowest BCUT2D eigenvalue weighted by Gasteiger charge is -2.26. The highest BCUT2D eigenvalue weighted by Gasteiger charge is 2.27. The molecule has 3 N–H and O–H groups in total. The number of anilines is 2. The standard InChI is InChI=1S/C24H25FN4O4/c1-14(30)27-23-19(25)11-15(12-21(23)32-16-5-6-16)17-3-2-4-18(24(17)31)20-13-22(28-33-20)29-9-7-26-8-10-29/h2-4,11-13,16,26,31H,5-10H2,1H3,(H,27,30). The van der Waals surface area contributed by atoms with Gasteiger partial charge < -0.3 is 29.9 Å². The van der Waals surface area contributed by atoms with Crippen LogP contribution in [0.2, 0.25) is 0 Å². The first kappa shape index (κ1) is 21.3. The van der Waals surface area contributed by atoms with Crippen molar-refractivity contribution >= 4 is 17.4 Å². The number of nitrogens with one attached hydrogen (secondary N) is 2. The third-order valence-corrected chi connectivity index (χ3v) is 5.72. The Morgan fingerprint density at radius 3 is 2.73 bits per heavy atom. The molecule has 1 amide bonds. The molecule has 0 bridgehead atoms. The number of hydrogen-bond donors (Lipinski definition) is 3. The zero-order valence-corrected chi connectivity index (χ0v) is 18.2. The van der Waals surface area contributed by atoms with E-state index in [-0.39, 0.29) is 23.3 Å². The van der Waals surface area contributed by atoms with E-state index in [0.717, 1.165) is 39.0 Å². The van der Waals surface area contributed by atoms with Gasteiger partial charge in [-0.3, -0.25) is 4.79 Å². The van der Waals surface area contributed by atoms with Gasteiger partial charge in [0.25, 0.3) is 0 Å². The molecule has 0 spiro atoms. The number of phenols is 1. The number of carbonyl (C=O) groups excluding carboxylic acids is 1. The highest BCUT2D eigenvalue weighted by Crippen LogP contribution is 2.43. The fourth-order valence-electron chi connectivity index (χ4n) is 3.90. The molecule has 1 aliphatic heterocycles. The topological polar surface area (TPSA) is 99.9 Å². The van der Waals surface area contributed by atoms with Crippen molar-refractivity contribution in [2.24, 2.45) is 0 Å². The van der Waals surface area contributed by atoms with Gasteiger partial charge in [-0.2, -0.15) is 0 Å². The van der Waals surface area contributed by atoms with Gasteiger partial charge in [-0.1, -0.05) is 17.3 Å². The molecule has 1 aliphatic carbocycles. The van der Waals surface area contributed by atoms with Crippen LogP contribution in [-0.2, 0) is 4.79 Å². The number of carbonyl (C=O) groups is 1. The summed E-state index contributed by atoms with van der Waals surface area (Å²) < 4.78 is 26.4. The van der Waals surface area contributed by atoms with Crippen molar-refractivity contribution in [3.63, 3.8) is 0 Å². The molecule has 1 saturated heterocycles. The first-order chi connectivity index (χ1) is 16.0. The van der Waals surface area contributed by atoms with E-state index in [4.69, 9.17) is 9.26 Å². The van der Waals surface area contributed by atoms with Crippen molar-refractivity contribution in [1.29, 1.82) is 0 Å². The quantitative estimate of drug-likeness (QED) is 0.524. The fraction of sp³-hybridized carbons (Fsp3) is 0.333. The molecular weight excluding hydrogens is 427 g/mol. The number of benzene rings is 2. The third kappa shape index (κ3) is 4.49. The maximum Gasteiger partial charge on any atom is 0.221 e. The predicted molar refractivity (Wildman–Crippen MR) is 122 cm³/mol. The summed E-state index contributed by atoms with van der Waals surface area (Å²) in [6.07, 6.45) is 1.77. The smallest absolute Gasteiger partial charge is 0.221 e. The Morgan fingerprint density at radius 1 is 1.24 bits per heavy atom. The average molecular weight is 452 g/mol. The van der Waals surface area contributed by atoms with Gasteiger partial charge in [0, 0.05) is 44.7 Å². The minimum absolute atomic E-state index is 0.00434. The number of ether oxygens (including phenoxy) is 1. The predicted octanol–water partition coefficient (Wildman–Crippen LogP) is 3.76. The van der Waals surface area contributed by atoms with Crippen LogP contribution >= 0.6 is 0 Å². The number of piperazine rings is 1. The van der Waals surface area contributed by atoms with E-state index >= 15 is 0 Å². The van der Waals surface area contributed by atoms with Crippen LogP contribution in [0.4, 0.5) is 15.9 Å². The average Bonchev–Trinajstić information content (AvgIpc) is 3.48. The molecular formula is C24H25FN4O4. The van der Waals surface area contributed by atoms with E-state index in [1.54, 1.807) is 30.3 Å². The number of rotatable bonds is 6. The molecule has 2 aliphatic rings. The first-order valence-electron chi connectivity index (χ1n) is 11.0.